The normalized spacial score (nSPS) is 9.87. The fraction of sp³-hybridized carbons (Fsp3) is 0.364. The molecule has 0 aromatic heterocycles. The number of rotatable bonds is 3. The maximum absolute atomic E-state index is 11.0. The Bertz CT molecular complexity index is 374. The summed E-state index contributed by atoms with van der Waals surface area (Å²) in [5.74, 6) is 0.518. The van der Waals surface area contributed by atoms with Gasteiger partial charge in [-0.1, -0.05) is 6.07 Å². The molecule has 0 aliphatic carbocycles. The summed E-state index contributed by atoms with van der Waals surface area (Å²) in [4.78, 5) is 11.0. The van der Waals surface area contributed by atoms with Crippen LogP contribution in [0.5, 0.6) is 11.5 Å². The van der Waals surface area contributed by atoms with Gasteiger partial charge in [-0.05, 0) is 31.0 Å². The molecule has 0 unspecified atom stereocenters. The Morgan fingerprint density at radius 1 is 1.40 bits per heavy atom. The Balaban J connectivity index is 3.07. The van der Waals surface area contributed by atoms with Gasteiger partial charge >= 0.3 is 5.97 Å². The van der Waals surface area contributed by atoms with Crippen molar-refractivity contribution in [3.63, 3.8) is 0 Å². The van der Waals surface area contributed by atoms with Crippen LogP contribution in [-0.2, 0) is 4.79 Å². The van der Waals surface area contributed by atoms with Crippen molar-refractivity contribution >= 4 is 5.97 Å². The minimum absolute atomic E-state index is 0.143. The lowest BCUT2D eigenvalue weighted by Crippen LogP contribution is -2.19. The van der Waals surface area contributed by atoms with Crippen LogP contribution in [0.1, 0.15) is 11.1 Å². The summed E-state index contributed by atoms with van der Waals surface area (Å²) < 4.78 is 10.2. The lowest BCUT2D eigenvalue weighted by Gasteiger charge is -2.12. The van der Waals surface area contributed by atoms with E-state index in [-0.39, 0.29) is 6.54 Å². The largest absolute Gasteiger partial charge is 0.493 e. The first kappa shape index (κ1) is 11.5. The van der Waals surface area contributed by atoms with Gasteiger partial charge in [0, 0.05) is 0 Å². The van der Waals surface area contributed by atoms with Crippen LogP contribution < -0.4 is 15.2 Å². The first-order valence-electron chi connectivity index (χ1n) is 4.65. The molecule has 0 amide bonds. The van der Waals surface area contributed by atoms with Crippen LogP contribution >= 0.6 is 0 Å². The van der Waals surface area contributed by atoms with Crippen LogP contribution in [-0.4, -0.2) is 19.6 Å². The SMILES string of the molecule is COc1c(OC(=O)CN)ccc(C)c1C. The molecule has 1 aromatic carbocycles. The minimum atomic E-state index is -0.475. The number of hydrogen-bond acceptors (Lipinski definition) is 4. The number of carbonyl (C=O) groups is 1. The van der Waals surface area contributed by atoms with Gasteiger partial charge in [0.15, 0.2) is 11.5 Å². The molecule has 4 nitrogen and oxygen atoms in total. The van der Waals surface area contributed by atoms with Crippen molar-refractivity contribution in [2.75, 3.05) is 13.7 Å². The van der Waals surface area contributed by atoms with Crippen molar-refractivity contribution in [2.45, 2.75) is 13.8 Å². The molecule has 1 rings (SSSR count). The molecule has 1 aromatic rings. The minimum Gasteiger partial charge on any atom is -0.493 e. The molecule has 0 bridgehead atoms. The Morgan fingerprint density at radius 2 is 2.07 bits per heavy atom. The lowest BCUT2D eigenvalue weighted by atomic mass is 10.1. The summed E-state index contributed by atoms with van der Waals surface area (Å²) in [5.41, 5.74) is 7.20. The second-order valence-electron chi connectivity index (χ2n) is 3.22. The molecule has 0 fully saturated rings. The average molecular weight is 209 g/mol. The van der Waals surface area contributed by atoms with E-state index in [1.807, 2.05) is 19.9 Å². The second kappa shape index (κ2) is 4.79. The molecule has 0 saturated carbocycles. The van der Waals surface area contributed by atoms with Crippen LogP contribution in [0.2, 0.25) is 0 Å². The van der Waals surface area contributed by atoms with Crippen molar-refractivity contribution < 1.29 is 14.3 Å². The number of aryl methyl sites for hydroxylation is 1. The molecule has 0 aliphatic heterocycles. The van der Waals surface area contributed by atoms with Crippen molar-refractivity contribution in [2.24, 2.45) is 5.73 Å². The number of benzene rings is 1. The standard InChI is InChI=1S/C11H15NO3/c1-7-4-5-9(15-10(13)6-12)11(14-3)8(7)2/h4-5H,6,12H2,1-3H3. The van der Waals surface area contributed by atoms with E-state index in [1.165, 1.54) is 0 Å². The van der Waals surface area contributed by atoms with E-state index in [2.05, 4.69) is 0 Å². The number of carbonyl (C=O) groups excluding carboxylic acids is 1. The monoisotopic (exact) mass is 209 g/mol. The van der Waals surface area contributed by atoms with E-state index < -0.39 is 5.97 Å². The van der Waals surface area contributed by atoms with Crippen LogP contribution in [0.4, 0.5) is 0 Å². The van der Waals surface area contributed by atoms with Gasteiger partial charge in [0.25, 0.3) is 0 Å². The molecule has 0 aliphatic rings. The third kappa shape index (κ3) is 2.47. The molecular weight excluding hydrogens is 194 g/mol. The van der Waals surface area contributed by atoms with Gasteiger partial charge in [0.05, 0.1) is 13.7 Å². The number of ether oxygens (including phenoxy) is 2. The molecule has 0 atom stereocenters. The second-order valence-corrected chi connectivity index (χ2v) is 3.22. The number of nitrogens with two attached hydrogens (primary N) is 1. The molecule has 82 valence electrons. The summed E-state index contributed by atoms with van der Waals surface area (Å²) in [7, 11) is 1.54. The number of esters is 1. The van der Waals surface area contributed by atoms with Crippen LogP contribution in [0.3, 0.4) is 0 Å². The van der Waals surface area contributed by atoms with Gasteiger partial charge in [-0.3, -0.25) is 4.79 Å². The first-order chi connectivity index (χ1) is 7.10. The number of hydrogen-bond donors (Lipinski definition) is 1. The topological polar surface area (TPSA) is 61.5 Å². The van der Waals surface area contributed by atoms with E-state index in [4.69, 9.17) is 15.2 Å². The van der Waals surface area contributed by atoms with Gasteiger partial charge in [0.1, 0.15) is 0 Å². The Labute approximate surface area is 89.0 Å². The molecule has 2 N–H and O–H groups in total. The zero-order chi connectivity index (χ0) is 11.4. The zero-order valence-corrected chi connectivity index (χ0v) is 9.16. The van der Waals surface area contributed by atoms with E-state index in [9.17, 15) is 4.79 Å². The van der Waals surface area contributed by atoms with E-state index in [0.717, 1.165) is 11.1 Å². The Morgan fingerprint density at radius 3 is 2.60 bits per heavy atom. The van der Waals surface area contributed by atoms with Gasteiger partial charge in [-0.25, -0.2) is 0 Å². The van der Waals surface area contributed by atoms with Crippen molar-refractivity contribution in [3.05, 3.63) is 23.3 Å². The van der Waals surface area contributed by atoms with Crippen molar-refractivity contribution in [1.82, 2.24) is 0 Å². The summed E-state index contributed by atoms with van der Waals surface area (Å²) in [6.07, 6.45) is 0. The molecular formula is C11H15NO3. The summed E-state index contributed by atoms with van der Waals surface area (Å²) in [6, 6.07) is 3.58. The highest BCUT2D eigenvalue weighted by molar-refractivity contribution is 5.75. The van der Waals surface area contributed by atoms with Crippen LogP contribution in [0.15, 0.2) is 12.1 Å². The van der Waals surface area contributed by atoms with E-state index in [1.54, 1.807) is 13.2 Å². The van der Waals surface area contributed by atoms with Gasteiger partial charge < -0.3 is 15.2 Å². The van der Waals surface area contributed by atoms with Gasteiger partial charge in [-0.2, -0.15) is 0 Å². The Hall–Kier alpha value is -1.55. The Kier molecular flexibility index (Phi) is 3.68. The van der Waals surface area contributed by atoms with Crippen molar-refractivity contribution in [3.8, 4) is 11.5 Å². The predicted octanol–water partition coefficient (Wildman–Crippen LogP) is 1.18. The van der Waals surface area contributed by atoms with Gasteiger partial charge in [0.2, 0.25) is 0 Å². The highest BCUT2D eigenvalue weighted by Crippen LogP contribution is 2.32. The molecule has 0 spiro atoms. The zero-order valence-electron chi connectivity index (χ0n) is 9.16. The molecule has 15 heavy (non-hydrogen) atoms. The quantitative estimate of drug-likeness (QED) is 0.599. The van der Waals surface area contributed by atoms with Crippen LogP contribution in [0, 0.1) is 13.8 Å². The summed E-state index contributed by atoms with van der Waals surface area (Å²) in [5, 5.41) is 0. The summed E-state index contributed by atoms with van der Waals surface area (Å²) >= 11 is 0. The average Bonchev–Trinajstić information content (AvgIpc) is 2.24. The fourth-order valence-corrected chi connectivity index (χ4v) is 1.26. The smallest absolute Gasteiger partial charge is 0.325 e. The third-order valence-corrected chi connectivity index (χ3v) is 2.24. The molecule has 0 saturated heterocycles. The molecule has 0 heterocycles. The van der Waals surface area contributed by atoms with E-state index >= 15 is 0 Å². The van der Waals surface area contributed by atoms with E-state index in [0.29, 0.717) is 11.5 Å². The summed E-state index contributed by atoms with van der Waals surface area (Å²) in [6.45, 7) is 3.73. The first-order valence-corrected chi connectivity index (χ1v) is 4.65. The molecule has 0 radical (unpaired) electrons. The lowest BCUT2D eigenvalue weighted by molar-refractivity contribution is -0.132. The highest BCUT2D eigenvalue weighted by atomic mass is 16.6. The maximum Gasteiger partial charge on any atom is 0.325 e. The van der Waals surface area contributed by atoms with Gasteiger partial charge in [-0.15, -0.1) is 0 Å². The van der Waals surface area contributed by atoms with Crippen LogP contribution in [0.25, 0.3) is 0 Å². The highest BCUT2D eigenvalue weighted by Gasteiger charge is 2.12. The predicted molar refractivity (Wildman–Crippen MR) is 57.2 cm³/mol. The maximum atomic E-state index is 11.0. The number of methoxy groups -OCH3 is 1. The fourth-order valence-electron chi connectivity index (χ4n) is 1.26. The third-order valence-electron chi connectivity index (χ3n) is 2.24. The molecule has 4 heteroatoms. The van der Waals surface area contributed by atoms with Crippen molar-refractivity contribution in [1.29, 1.82) is 0 Å².